The lowest BCUT2D eigenvalue weighted by atomic mass is 10.2. The molecule has 1 aliphatic carbocycles. The first-order chi connectivity index (χ1) is 7.77. The monoisotopic (exact) mass is 219 g/mol. The third-order valence-corrected chi connectivity index (χ3v) is 3.11. The Morgan fingerprint density at radius 1 is 1.25 bits per heavy atom. The van der Waals surface area contributed by atoms with Gasteiger partial charge in [-0.15, -0.1) is 0 Å². The van der Waals surface area contributed by atoms with Crippen LogP contribution >= 0.6 is 0 Å². The molecule has 0 unspecified atom stereocenters. The molecule has 1 saturated carbocycles. The Morgan fingerprint density at radius 3 is 2.50 bits per heavy atom. The Kier molecular flexibility index (Phi) is 3.44. The van der Waals surface area contributed by atoms with Crippen LogP contribution in [0.5, 0.6) is 5.75 Å². The van der Waals surface area contributed by atoms with Crippen LogP contribution in [0.3, 0.4) is 0 Å². The van der Waals surface area contributed by atoms with E-state index in [-0.39, 0.29) is 6.09 Å². The standard InChI is InChI=1S/C13H17NO2/c1-14(11-7-5-6-8-11)13(15)16-12-9-3-2-4-10-12/h2-4,9-11H,5-8H2,1H3. The molecule has 1 aliphatic rings. The number of hydrogen-bond donors (Lipinski definition) is 0. The quantitative estimate of drug-likeness (QED) is 0.765. The third-order valence-electron chi connectivity index (χ3n) is 3.11. The van der Waals surface area contributed by atoms with Gasteiger partial charge in [0.2, 0.25) is 0 Å². The van der Waals surface area contributed by atoms with E-state index < -0.39 is 0 Å². The fourth-order valence-electron chi connectivity index (χ4n) is 2.10. The highest BCUT2D eigenvalue weighted by Gasteiger charge is 2.24. The summed E-state index contributed by atoms with van der Waals surface area (Å²) < 4.78 is 5.28. The van der Waals surface area contributed by atoms with Crippen LogP contribution < -0.4 is 4.74 Å². The van der Waals surface area contributed by atoms with Crippen molar-refractivity contribution in [2.75, 3.05) is 7.05 Å². The normalized spacial score (nSPS) is 16.1. The van der Waals surface area contributed by atoms with Gasteiger partial charge in [0.05, 0.1) is 0 Å². The van der Waals surface area contributed by atoms with E-state index in [2.05, 4.69) is 0 Å². The minimum atomic E-state index is -0.252. The van der Waals surface area contributed by atoms with Gasteiger partial charge < -0.3 is 9.64 Å². The van der Waals surface area contributed by atoms with E-state index in [9.17, 15) is 4.79 Å². The fourth-order valence-corrected chi connectivity index (χ4v) is 2.10. The van der Waals surface area contributed by atoms with E-state index in [4.69, 9.17) is 4.74 Å². The Bertz CT molecular complexity index is 344. The SMILES string of the molecule is CN(C(=O)Oc1ccccc1)C1CCCC1. The number of nitrogens with zero attached hydrogens (tertiary/aromatic N) is 1. The maximum absolute atomic E-state index is 11.8. The van der Waals surface area contributed by atoms with Crippen molar-refractivity contribution in [2.45, 2.75) is 31.7 Å². The summed E-state index contributed by atoms with van der Waals surface area (Å²) in [5.41, 5.74) is 0. The molecule has 1 amide bonds. The predicted octanol–water partition coefficient (Wildman–Crippen LogP) is 3.06. The molecule has 0 heterocycles. The molecule has 0 saturated heterocycles. The molecule has 0 aliphatic heterocycles. The predicted molar refractivity (Wildman–Crippen MR) is 62.5 cm³/mol. The molecular weight excluding hydrogens is 202 g/mol. The molecule has 0 aromatic heterocycles. The number of carbonyl (C=O) groups is 1. The minimum Gasteiger partial charge on any atom is -0.410 e. The maximum Gasteiger partial charge on any atom is 0.415 e. The van der Waals surface area contributed by atoms with Crippen molar-refractivity contribution in [3.05, 3.63) is 30.3 Å². The molecule has 0 N–H and O–H groups in total. The molecule has 1 aromatic rings. The average molecular weight is 219 g/mol. The number of rotatable bonds is 2. The average Bonchev–Trinajstić information content (AvgIpc) is 2.83. The summed E-state index contributed by atoms with van der Waals surface area (Å²) in [4.78, 5) is 13.5. The molecule has 1 aromatic carbocycles. The van der Waals surface area contributed by atoms with Crippen molar-refractivity contribution in [2.24, 2.45) is 0 Å². The van der Waals surface area contributed by atoms with Gasteiger partial charge in [-0.2, -0.15) is 0 Å². The van der Waals surface area contributed by atoms with E-state index in [1.54, 1.807) is 17.0 Å². The van der Waals surface area contributed by atoms with Gasteiger partial charge in [-0.3, -0.25) is 0 Å². The zero-order valence-corrected chi connectivity index (χ0v) is 9.56. The second-order valence-electron chi connectivity index (χ2n) is 4.23. The van der Waals surface area contributed by atoms with E-state index in [0.717, 1.165) is 12.8 Å². The Hall–Kier alpha value is -1.51. The highest BCUT2D eigenvalue weighted by atomic mass is 16.6. The summed E-state index contributed by atoms with van der Waals surface area (Å²) in [5.74, 6) is 0.609. The van der Waals surface area contributed by atoms with Crippen LogP contribution in [0.4, 0.5) is 4.79 Å². The molecule has 2 rings (SSSR count). The molecular formula is C13H17NO2. The van der Waals surface area contributed by atoms with Crippen LogP contribution in [-0.2, 0) is 0 Å². The molecule has 0 atom stereocenters. The molecule has 0 spiro atoms. The second kappa shape index (κ2) is 5.01. The summed E-state index contributed by atoms with van der Waals surface area (Å²) in [7, 11) is 1.82. The van der Waals surface area contributed by atoms with E-state index in [0.29, 0.717) is 11.8 Å². The second-order valence-corrected chi connectivity index (χ2v) is 4.23. The Balaban J connectivity index is 1.92. The van der Waals surface area contributed by atoms with Crippen molar-refractivity contribution < 1.29 is 9.53 Å². The van der Waals surface area contributed by atoms with Crippen LogP contribution in [0.25, 0.3) is 0 Å². The first kappa shape index (κ1) is 11.0. The lowest BCUT2D eigenvalue weighted by Gasteiger charge is -2.23. The minimum absolute atomic E-state index is 0.252. The van der Waals surface area contributed by atoms with Crippen LogP contribution in [0.2, 0.25) is 0 Å². The van der Waals surface area contributed by atoms with Crippen LogP contribution in [0, 0.1) is 0 Å². The molecule has 3 heteroatoms. The Labute approximate surface area is 96.0 Å². The summed E-state index contributed by atoms with van der Waals surface area (Å²) in [6, 6.07) is 9.56. The summed E-state index contributed by atoms with van der Waals surface area (Å²) in [5, 5.41) is 0. The van der Waals surface area contributed by atoms with Crippen LogP contribution in [0.1, 0.15) is 25.7 Å². The number of ether oxygens (including phenoxy) is 1. The number of amides is 1. The van der Waals surface area contributed by atoms with Gasteiger partial charge in [0.15, 0.2) is 0 Å². The van der Waals surface area contributed by atoms with E-state index in [1.807, 2.05) is 25.2 Å². The smallest absolute Gasteiger partial charge is 0.410 e. The zero-order valence-electron chi connectivity index (χ0n) is 9.56. The van der Waals surface area contributed by atoms with Gasteiger partial charge in [0, 0.05) is 13.1 Å². The van der Waals surface area contributed by atoms with Crippen LogP contribution in [-0.4, -0.2) is 24.1 Å². The summed E-state index contributed by atoms with van der Waals surface area (Å²) >= 11 is 0. The zero-order chi connectivity index (χ0) is 11.4. The summed E-state index contributed by atoms with van der Waals surface area (Å²) in [6.07, 6.45) is 4.38. The largest absolute Gasteiger partial charge is 0.415 e. The molecule has 86 valence electrons. The van der Waals surface area contributed by atoms with Crippen molar-refractivity contribution in [1.82, 2.24) is 4.90 Å². The van der Waals surface area contributed by atoms with E-state index >= 15 is 0 Å². The third kappa shape index (κ3) is 2.54. The lowest BCUT2D eigenvalue weighted by molar-refractivity contribution is 0.146. The lowest BCUT2D eigenvalue weighted by Crippen LogP contribution is -2.37. The molecule has 0 bridgehead atoms. The van der Waals surface area contributed by atoms with Crippen molar-refractivity contribution in [3.63, 3.8) is 0 Å². The number of carbonyl (C=O) groups excluding carboxylic acids is 1. The first-order valence-electron chi connectivity index (χ1n) is 5.77. The van der Waals surface area contributed by atoms with Gasteiger partial charge in [0.1, 0.15) is 5.75 Å². The van der Waals surface area contributed by atoms with Crippen LogP contribution in [0.15, 0.2) is 30.3 Å². The Morgan fingerprint density at radius 2 is 1.88 bits per heavy atom. The molecule has 16 heavy (non-hydrogen) atoms. The van der Waals surface area contributed by atoms with Gasteiger partial charge in [-0.05, 0) is 25.0 Å². The number of hydrogen-bond acceptors (Lipinski definition) is 2. The van der Waals surface area contributed by atoms with Gasteiger partial charge in [-0.25, -0.2) is 4.79 Å². The molecule has 1 fully saturated rings. The van der Waals surface area contributed by atoms with Crippen molar-refractivity contribution >= 4 is 6.09 Å². The van der Waals surface area contributed by atoms with Gasteiger partial charge in [-0.1, -0.05) is 31.0 Å². The highest BCUT2D eigenvalue weighted by Crippen LogP contribution is 2.23. The number of benzene rings is 1. The van der Waals surface area contributed by atoms with Gasteiger partial charge >= 0.3 is 6.09 Å². The molecule has 3 nitrogen and oxygen atoms in total. The molecule has 0 radical (unpaired) electrons. The summed E-state index contributed by atoms with van der Waals surface area (Å²) in [6.45, 7) is 0. The number of para-hydroxylation sites is 1. The fraction of sp³-hybridized carbons (Fsp3) is 0.462. The van der Waals surface area contributed by atoms with E-state index in [1.165, 1.54) is 12.8 Å². The van der Waals surface area contributed by atoms with Gasteiger partial charge in [0.25, 0.3) is 0 Å². The highest BCUT2D eigenvalue weighted by molar-refractivity contribution is 5.70. The van der Waals surface area contributed by atoms with Crippen molar-refractivity contribution in [1.29, 1.82) is 0 Å². The van der Waals surface area contributed by atoms with Crippen molar-refractivity contribution in [3.8, 4) is 5.75 Å². The maximum atomic E-state index is 11.8. The topological polar surface area (TPSA) is 29.5 Å². The first-order valence-corrected chi connectivity index (χ1v) is 5.77.